The lowest BCUT2D eigenvalue weighted by Crippen LogP contribution is -2.36. The summed E-state index contributed by atoms with van der Waals surface area (Å²) in [5.41, 5.74) is 3.43. The average Bonchev–Trinajstić information content (AvgIpc) is 3.17. The summed E-state index contributed by atoms with van der Waals surface area (Å²) in [6, 6.07) is 16.2. The summed E-state index contributed by atoms with van der Waals surface area (Å²) in [6.07, 6.45) is 3.26. The minimum atomic E-state index is 0. The van der Waals surface area contributed by atoms with Gasteiger partial charge in [0.15, 0.2) is 5.96 Å². The van der Waals surface area contributed by atoms with Crippen LogP contribution in [-0.4, -0.2) is 27.3 Å². The molecule has 3 rings (SSSR count). The molecular weight excluding hydrogens is 487 g/mol. The molecule has 0 aliphatic carbocycles. The number of nitrogens with zero attached hydrogens (tertiary/aromatic N) is 4. The summed E-state index contributed by atoms with van der Waals surface area (Å²) in [4.78, 5) is 8.66. The van der Waals surface area contributed by atoms with Crippen LogP contribution in [0.15, 0.2) is 66.2 Å². The van der Waals surface area contributed by atoms with Crippen molar-refractivity contribution in [2.75, 3.05) is 6.54 Å². The molecule has 2 aromatic carbocycles. The third-order valence-corrected chi connectivity index (χ3v) is 4.15. The predicted molar refractivity (Wildman–Crippen MR) is 124 cm³/mol. The highest BCUT2D eigenvalue weighted by Crippen LogP contribution is 2.10. The quantitative estimate of drug-likeness (QED) is 0.288. The van der Waals surface area contributed by atoms with E-state index < -0.39 is 0 Å². The van der Waals surface area contributed by atoms with Gasteiger partial charge in [0.2, 0.25) is 0 Å². The molecule has 0 unspecified atom stereocenters. The van der Waals surface area contributed by atoms with E-state index in [1.165, 1.54) is 5.56 Å². The first kappa shape index (κ1) is 22.2. The van der Waals surface area contributed by atoms with Gasteiger partial charge in [0.05, 0.1) is 13.1 Å². The fraction of sp³-hybridized carbons (Fsp3) is 0.250. The van der Waals surface area contributed by atoms with E-state index in [0.29, 0.717) is 19.6 Å². The largest absolute Gasteiger partial charge is 0.357 e. The van der Waals surface area contributed by atoms with Crippen molar-refractivity contribution in [3.63, 3.8) is 0 Å². The zero-order valence-electron chi connectivity index (χ0n) is 15.7. The van der Waals surface area contributed by atoms with E-state index in [-0.39, 0.29) is 24.0 Å². The molecule has 148 valence electrons. The van der Waals surface area contributed by atoms with Gasteiger partial charge in [-0.05, 0) is 35.7 Å². The van der Waals surface area contributed by atoms with Crippen LogP contribution < -0.4 is 10.6 Å². The Kier molecular flexibility index (Phi) is 9.22. The topological polar surface area (TPSA) is 67.1 Å². The summed E-state index contributed by atoms with van der Waals surface area (Å²) in [7, 11) is 0. The summed E-state index contributed by atoms with van der Waals surface area (Å²) in [5, 5.41) is 11.5. The van der Waals surface area contributed by atoms with Crippen molar-refractivity contribution in [3.05, 3.63) is 82.9 Å². The lowest BCUT2D eigenvalue weighted by molar-refractivity contribution is 0.684. The van der Waals surface area contributed by atoms with Gasteiger partial charge < -0.3 is 10.6 Å². The number of hydrogen-bond acceptors (Lipinski definition) is 3. The van der Waals surface area contributed by atoms with Gasteiger partial charge in [-0.3, -0.25) is 0 Å². The molecule has 0 spiro atoms. The SMILES string of the molecule is CCNC(=NCc1cccc(Cn2cncn2)c1)NCc1cccc(Cl)c1.I. The average molecular weight is 511 g/mol. The molecule has 8 heteroatoms. The molecule has 0 aliphatic rings. The molecule has 0 bridgehead atoms. The maximum Gasteiger partial charge on any atom is 0.191 e. The van der Waals surface area contributed by atoms with Crippen molar-refractivity contribution in [2.24, 2.45) is 4.99 Å². The normalized spacial score (nSPS) is 11.0. The van der Waals surface area contributed by atoms with Crippen molar-refractivity contribution < 1.29 is 0 Å². The minimum Gasteiger partial charge on any atom is -0.357 e. The second kappa shape index (κ2) is 11.7. The van der Waals surface area contributed by atoms with E-state index in [4.69, 9.17) is 11.6 Å². The van der Waals surface area contributed by atoms with Crippen molar-refractivity contribution in [3.8, 4) is 0 Å². The molecule has 3 aromatic rings. The molecule has 0 fully saturated rings. The monoisotopic (exact) mass is 510 g/mol. The summed E-state index contributed by atoms with van der Waals surface area (Å²) in [5.74, 6) is 0.777. The lowest BCUT2D eigenvalue weighted by Gasteiger charge is -2.12. The minimum absolute atomic E-state index is 0. The first-order valence-electron chi connectivity index (χ1n) is 8.90. The number of halogens is 2. The van der Waals surface area contributed by atoms with E-state index in [1.807, 2.05) is 30.3 Å². The summed E-state index contributed by atoms with van der Waals surface area (Å²) in [6.45, 7) is 4.81. The second-order valence-corrected chi connectivity index (χ2v) is 6.53. The fourth-order valence-corrected chi connectivity index (χ4v) is 2.89. The highest BCUT2D eigenvalue weighted by molar-refractivity contribution is 14.0. The molecule has 0 aliphatic heterocycles. The Morgan fingerprint density at radius 3 is 2.61 bits per heavy atom. The van der Waals surface area contributed by atoms with Crippen LogP contribution >= 0.6 is 35.6 Å². The van der Waals surface area contributed by atoms with Crippen LogP contribution in [0.1, 0.15) is 23.6 Å². The van der Waals surface area contributed by atoms with Crippen LogP contribution in [0.3, 0.4) is 0 Å². The van der Waals surface area contributed by atoms with Gasteiger partial charge in [-0.2, -0.15) is 5.10 Å². The highest BCUT2D eigenvalue weighted by atomic mass is 127. The molecule has 0 saturated heterocycles. The molecule has 0 atom stereocenters. The molecule has 0 amide bonds. The standard InChI is InChI=1S/C20H23ClN6.HI/c1-2-23-20(25-12-17-6-4-8-19(21)10-17)24-11-16-5-3-7-18(9-16)13-27-15-22-14-26-27;/h3-10,14-15H,2,11-13H2,1H3,(H2,23,24,25);1H. The zero-order valence-corrected chi connectivity index (χ0v) is 18.8. The lowest BCUT2D eigenvalue weighted by atomic mass is 10.1. The van der Waals surface area contributed by atoms with Crippen molar-refractivity contribution in [1.29, 1.82) is 0 Å². The van der Waals surface area contributed by atoms with E-state index in [0.717, 1.165) is 28.7 Å². The van der Waals surface area contributed by atoms with Crippen LogP contribution in [0, 0.1) is 0 Å². The first-order chi connectivity index (χ1) is 13.2. The van der Waals surface area contributed by atoms with Crippen LogP contribution in [0.25, 0.3) is 0 Å². The Labute approximate surface area is 187 Å². The molecule has 28 heavy (non-hydrogen) atoms. The van der Waals surface area contributed by atoms with Crippen LogP contribution in [0.4, 0.5) is 0 Å². The van der Waals surface area contributed by atoms with Crippen molar-refractivity contribution >= 4 is 41.5 Å². The van der Waals surface area contributed by atoms with E-state index in [9.17, 15) is 0 Å². The molecule has 1 aromatic heterocycles. The first-order valence-corrected chi connectivity index (χ1v) is 9.27. The number of benzene rings is 2. The molecule has 0 saturated carbocycles. The Morgan fingerprint density at radius 1 is 1.07 bits per heavy atom. The predicted octanol–water partition coefficient (Wildman–Crippen LogP) is 3.85. The third-order valence-electron chi connectivity index (χ3n) is 3.92. The number of aromatic nitrogens is 3. The Bertz CT molecular complexity index is 882. The zero-order chi connectivity index (χ0) is 18.9. The highest BCUT2D eigenvalue weighted by Gasteiger charge is 2.01. The molecule has 0 radical (unpaired) electrons. The van der Waals surface area contributed by atoms with E-state index in [1.54, 1.807) is 17.3 Å². The summed E-state index contributed by atoms with van der Waals surface area (Å²) >= 11 is 6.04. The summed E-state index contributed by atoms with van der Waals surface area (Å²) < 4.78 is 1.80. The molecule has 1 heterocycles. The van der Waals surface area contributed by atoms with Gasteiger partial charge in [-0.1, -0.05) is 48.0 Å². The van der Waals surface area contributed by atoms with Crippen LogP contribution in [-0.2, 0) is 19.6 Å². The molecular formula is C20H24ClIN6. The van der Waals surface area contributed by atoms with Gasteiger partial charge in [-0.25, -0.2) is 14.7 Å². The van der Waals surface area contributed by atoms with Crippen molar-refractivity contribution in [2.45, 2.75) is 26.6 Å². The van der Waals surface area contributed by atoms with Gasteiger partial charge in [0, 0.05) is 18.1 Å². The van der Waals surface area contributed by atoms with Crippen molar-refractivity contribution in [1.82, 2.24) is 25.4 Å². The van der Waals surface area contributed by atoms with Gasteiger partial charge >= 0.3 is 0 Å². The second-order valence-electron chi connectivity index (χ2n) is 6.09. The van der Waals surface area contributed by atoms with E-state index >= 15 is 0 Å². The Morgan fingerprint density at radius 2 is 1.86 bits per heavy atom. The number of hydrogen-bond donors (Lipinski definition) is 2. The van der Waals surface area contributed by atoms with Gasteiger partial charge in [-0.15, -0.1) is 24.0 Å². The third kappa shape index (κ3) is 7.12. The Balaban J connectivity index is 0.00000280. The smallest absolute Gasteiger partial charge is 0.191 e. The molecule has 2 N–H and O–H groups in total. The fourth-order valence-electron chi connectivity index (χ4n) is 2.67. The van der Waals surface area contributed by atoms with Gasteiger partial charge in [0.1, 0.15) is 12.7 Å². The maximum atomic E-state index is 6.04. The number of nitrogens with one attached hydrogen (secondary N) is 2. The van der Waals surface area contributed by atoms with Crippen LogP contribution in [0.5, 0.6) is 0 Å². The number of guanidine groups is 1. The van der Waals surface area contributed by atoms with E-state index in [2.05, 4.69) is 50.8 Å². The number of rotatable bonds is 7. The number of aliphatic imine (C=N–C) groups is 1. The molecule has 6 nitrogen and oxygen atoms in total. The Hall–Kier alpha value is -2.13. The van der Waals surface area contributed by atoms with Crippen LogP contribution in [0.2, 0.25) is 5.02 Å². The maximum absolute atomic E-state index is 6.04. The van der Waals surface area contributed by atoms with Gasteiger partial charge in [0.25, 0.3) is 0 Å².